The van der Waals surface area contributed by atoms with Gasteiger partial charge in [0.1, 0.15) is 5.75 Å². The van der Waals surface area contributed by atoms with Gasteiger partial charge in [-0.2, -0.15) is 47.9 Å². The number of aromatic nitrogens is 1. The monoisotopic (exact) mass is 585 g/mol. The highest BCUT2D eigenvalue weighted by atomic mass is 32.2. The molecule has 0 amide bonds. The van der Waals surface area contributed by atoms with Gasteiger partial charge >= 0.3 is 33.4 Å². The number of benzene rings is 1. The molecule has 0 saturated carbocycles. The second kappa shape index (κ2) is 9.16. The van der Waals surface area contributed by atoms with Crippen LogP contribution in [0.2, 0.25) is 0 Å². The van der Waals surface area contributed by atoms with Crippen LogP contribution in [0.25, 0.3) is 11.3 Å². The lowest BCUT2D eigenvalue weighted by Gasteiger charge is -2.32. The van der Waals surface area contributed by atoms with Crippen LogP contribution in [0.1, 0.15) is 18.2 Å². The summed E-state index contributed by atoms with van der Waals surface area (Å²) in [5.74, 6) is -29.7. The molecule has 19 heteroatoms. The quantitative estimate of drug-likeness (QED) is 0.162. The van der Waals surface area contributed by atoms with E-state index in [4.69, 9.17) is 0 Å². The van der Waals surface area contributed by atoms with Crippen molar-refractivity contribution >= 4 is 10.1 Å². The van der Waals surface area contributed by atoms with E-state index in [-0.39, 0.29) is 0 Å². The molecule has 0 fully saturated rings. The Kier molecular flexibility index (Phi) is 7.52. The first-order chi connectivity index (χ1) is 16.5. The first-order valence-corrected chi connectivity index (χ1v) is 10.5. The molecule has 208 valence electrons. The summed E-state index contributed by atoms with van der Waals surface area (Å²) >= 11 is 0. The van der Waals surface area contributed by atoms with Gasteiger partial charge in [-0.05, 0) is 13.3 Å². The Morgan fingerprint density at radius 2 is 1.22 bits per heavy atom. The molecule has 2 aromatic rings. The zero-order valence-electron chi connectivity index (χ0n) is 17.7. The van der Waals surface area contributed by atoms with Gasteiger partial charge in [-0.1, -0.05) is 6.92 Å². The standard InChI is InChI=1S/C18H9F14NO3S/c1-3-6-4-7(5(2)14(33-6)8-9(19)11(21)13(23)12(22)10(8)20)36-37(34,35)18(31,32)16(26,27)15(24,25)17(28,29)30/h4H,3H2,1-2H3. The number of nitrogens with zero attached hydrogens (tertiary/aromatic N) is 1. The predicted molar refractivity (Wildman–Crippen MR) is 94.0 cm³/mol. The van der Waals surface area contributed by atoms with Crippen molar-refractivity contribution in [3.8, 4) is 17.0 Å². The maximum absolute atomic E-state index is 14.2. The first kappa shape index (κ1) is 30.4. The molecule has 0 unspecified atom stereocenters. The van der Waals surface area contributed by atoms with Gasteiger partial charge in [0.2, 0.25) is 5.82 Å². The molecule has 0 aliphatic carbocycles. The smallest absolute Gasteiger partial charge is 0.378 e. The summed E-state index contributed by atoms with van der Waals surface area (Å²) < 4.78 is 215. The molecule has 4 nitrogen and oxygen atoms in total. The largest absolute Gasteiger partial charge is 0.460 e. The van der Waals surface area contributed by atoms with Crippen LogP contribution in [0.3, 0.4) is 0 Å². The van der Waals surface area contributed by atoms with Crippen molar-refractivity contribution in [3.63, 3.8) is 0 Å². The minimum atomic E-state index is -7.66. The minimum Gasteiger partial charge on any atom is -0.378 e. The van der Waals surface area contributed by atoms with Crippen LogP contribution in [0.4, 0.5) is 61.5 Å². The van der Waals surface area contributed by atoms with Crippen LogP contribution in [-0.4, -0.2) is 36.7 Å². The number of hydrogen-bond acceptors (Lipinski definition) is 4. The van der Waals surface area contributed by atoms with E-state index >= 15 is 0 Å². The molecule has 1 aromatic heterocycles. The Labute approximate surface area is 197 Å². The van der Waals surface area contributed by atoms with Gasteiger partial charge in [0.25, 0.3) is 0 Å². The van der Waals surface area contributed by atoms with Gasteiger partial charge in [-0.25, -0.2) is 22.0 Å². The Morgan fingerprint density at radius 3 is 1.62 bits per heavy atom. The van der Waals surface area contributed by atoms with Crippen LogP contribution in [0.15, 0.2) is 6.07 Å². The molecule has 0 N–H and O–H groups in total. The van der Waals surface area contributed by atoms with Crippen molar-refractivity contribution < 1.29 is 74.1 Å². The van der Waals surface area contributed by atoms with Crippen molar-refractivity contribution in [2.75, 3.05) is 0 Å². The maximum Gasteiger partial charge on any atom is 0.460 e. The van der Waals surface area contributed by atoms with Crippen LogP contribution >= 0.6 is 0 Å². The van der Waals surface area contributed by atoms with Crippen LogP contribution < -0.4 is 4.18 Å². The molecule has 0 saturated heterocycles. The van der Waals surface area contributed by atoms with E-state index in [9.17, 15) is 69.9 Å². The van der Waals surface area contributed by atoms with E-state index < -0.39 is 97.2 Å². The second-order valence-corrected chi connectivity index (χ2v) is 8.67. The summed E-state index contributed by atoms with van der Waals surface area (Å²) in [6.45, 7) is 1.64. The highest BCUT2D eigenvalue weighted by Gasteiger charge is 2.86. The number of alkyl halides is 9. The van der Waals surface area contributed by atoms with E-state index in [0.717, 1.165) is 6.92 Å². The summed E-state index contributed by atoms with van der Waals surface area (Å²) in [6, 6.07) is 0.304. The highest BCUT2D eigenvalue weighted by molar-refractivity contribution is 7.88. The van der Waals surface area contributed by atoms with E-state index in [1.165, 1.54) is 0 Å². The molecule has 0 radical (unpaired) electrons. The lowest BCUT2D eigenvalue weighted by atomic mass is 10.0. The lowest BCUT2D eigenvalue weighted by Crippen LogP contribution is -2.63. The fourth-order valence-electron chi connectivity index (χ4n) is 2.65. The van der Waals surface area contributed by atoms with Crippen LogP contribution in [-0.2, 0) is 16.5 Å². The number of pyridine rings is 1. The van der Waals surface area contributed by atoms with Crippen molar-refractivity contribution in [1.82, 2.24) is 4.98 Å². The van der Waals surface area contributed by atoms with E-state index in [0.29, 0.717) is 13.0 Å². The van der Waals surface area contributed by atoms with Gasteiger partial charge in [0.15, 0.2) is 23.3 Å². The third-order valence-electron chi connectivity index (χ3n) is 4.72. The summed E-state index contributed by atoms with van der Waals surface area (Å²) in [4.78, 5) is 3.45. The molecule has 0 atom stereocenters. The SMILES string of the molecule is CCc1cc(OS(=O)(=O)C(F)(F)C(F)(F)C(F)(F)C(F)(F)F)c(C)c(-c2c(F)c(F)c(F)c(F)c2F)n1. The molecule has 0 aliphatic rings. The van der Waals surface area contributed by atoms with E-state index in [2.05, 4.69) is 9.17 Å². The topological polar surface area (TPSA) is 56.3 Å². The van der Waals surface area contributed by atoms with Gasteiger partial charge in [0, 0.05) is 17.3 Å². The number of hydrogen-bond donors (Lipinski definition) is 0. The van der Waals surface area contributed by atoms with E-state index in [1.54, 1.807) is 0 Å². The predicted octanol–water partition coefficient (Wildman–Crippen LogP) is 6.45. The number of aryl methyl sites for hydroxylation is 1. The normalized spacial score (nSPS) is 13.7. The third kappa shape index (κ3) is 4.54. The summed E-state index contributed by atoms with van der Waals surface area (Å²) in [5.41, 5.74) is -5.00. The maximum atomic E-state index is 14.2. The van der Waals surface area contributed by atoms with Gasteiger partial charge in [-0.15, -0.1) is 0 Å². The van der Waals surface area contributed by atoms with E-state index in [1.807, 2.05) is 0 Å². The van der Waals surface area contributed by atoms with Crippen LogP contribution in [0, 0.1) is 36.0 Å². The van der Waals surface area contributed by atoms with Gasteiger partial charge < -0.3 is 4.18 Å². The molecule has 0 spiro atoms. The molecule has 1 heterocycles. The number of rotatable bonds is 7. The third-order valence-corrected chi connectivity index (χ3v) is 6.00. The van der Waals surface area contributed by atoms with Gasteiger partial charge in [0.05, 0.1) is 11.3 Å². The van der Waals surface area contributed by atoms with Crippen molar-refractivity contribution in [3.05, 3.63) is 46.4 Å². The Bertz CT molecular complexity index is 1310. The molecule has 0 aliphatic heterocycles. The van der Waals surface area contributed by atoms with Crippen molar-refractivity contribution in [2.24, 2.45) is 0 Å². The molecular weight excluding hydrogens is 576 g/mol. The zero-order chi connectivity index (χ0) is 29.1. The van der Waals surface area contributed by atoms with Crippen molar-refractivity contribution in [2.45, 2.75) is 43.5 Å². The first-order valence-electron chi connectivity index (χ1n) is 9.14. The summed E-state index contributed by atoms with van der Waals surface area (Å²) in [7, 11) is -7.49. The Morgan fingerprint density at radius 1 is 0.784 bits per heavy atom. The number of halogens is 14. The van der Waals surface area contributed by atoms with Crippen molar-refractivity contribution in [1.29, 1.82) is 0 Å². The lowest BCUT2D eigenvalue weighted by molar-refractivity contribution is -0.382. The molecular formula is C18H9F14NO3S. The Balaban J connectivity index is 2.78. The Hall–Kier alpha value is -2.86. The second-order valence-electron chi connectivity index (χ2n) is 7.08. The molecule has 1 aromatic carbocycles. The molecule has 37 heavy (non-hydrogen) atoms. The highest BCUT2D eigenvalue weighted by Crippen LogP contribution is 2.55. The molecule has 0 bridgehead atoms. The summed E-state index contributed by atoms with van der Waals surface area (Å²) in [6.07, 6.45) is -7.80. The summed E-state index contributed by atoms with van der Waals surface area (Å²) in [5, 5.41) is -7.29. The average molecular weight is 585 g/mol. The fourth-order valence-corrected chi connectivity index (χ4v) is 3.60. The molecule has 2 rings (SSSR count). The van der Waals surface area contributed by atoms with Crippen LogP contribution in [0.5, 0.6) is 5.75 Å². The fraction of sp³-hybridized carbons (Fsp3) is 0.389. The average Bonchev–Trinajstić information content (AvgIpc) is 2.77. The zero-order valence-corrected chi connectivity index (χ0v) is 18.5. The minimum absolute atomic E-state index is 0.304. The van der Waals surface area contributed by atoms with Gasteiger partial charge in [-0.3, -0.25) is 4.98 Å².